The van der Waals surface area contributed by atoms with E-state index in [9.17, 15) is 9.59 Å². The Bertz CT molecular complexity index is 569. The van der Waals surface area contributed by atoms with Crippen molar-refractivity contribution in [2.24, 2.45) is 0 Å². The molecule has 0 spiro atoms. The molecule has 2 unspecified atom stereocenters. The summed E-state index contributed by atoms with van der Waals surface area (Å²) in [5.74, 6) is 0. The third kappa shape index (κ3) is 4.63. The van der Waals surface area contributed by atoms with Gasteiger partial charge in [-0.15, -0.1) is 0 Å². The first-order chi connectivity index (χ1) is 11.3. The molecule has 0 radical (unpaired) electrons. The molecule has 6 heteroatoms. The number of nitrogens with one attached hydrogen (secondary N) is 2. The van der Waals surface area contributed by atoms with E-state index in [1.807, 2.05) is 51.1 Å². The van der Waals surface area contributed by atoms with Crippen LogP contribution in [0.5, 0.6) is 0 Å². The summed E-state index contributed by atoms with van der Waals surface area (Å²) in [6.45, 7) is 6.17. The number of piperidine rings is 1. The molecule has 24 heavy (non-hydrogen) atoms. The van der Waals surface area contributed by atoms with Gasteiger partial charge in [-0.3, -0.25) is 4.90 Å². The number of hydrogen-bond donors (Lipinski definition) is 2. The number of carbonyl (C=O) groups excluding carboxylic acids is 2. The zero-order chi connectivity index (χ0) is 17.7. The molecular weight excluding hydrogens is 306 g/mol. The average molecular weight is 333 g/mol. The standard InChI is InChI=1S/C18H27N3O3/c1-18(2,3)24-17(23)21-12-8-11-14(20-16(22)19-4)15(21)13-9-6-5-7-10-13/h5-7,9-10,14-15H,8,11-12H2,1-4H3,(H2,19,20,22). The second kappa shape index (κ2) is 7.55. The van der Waals surface area contributed by atoms with Crippen LogP contribution in [-0.2, 0) is 4.74 Å². The second-order valence-electron chi connectivity index (χ2n) is 7.00. The van der Waals surface area contributed by atoms with Crippen LogP contribution in [0.3, 0.4) is 0 Å². The van der Waals surface area contributed by atoms with Gasteiger partial charge in [-0.1, -0.05) is 30.3 Å². The van der Waals surface area contributed by atoms with Crippen molar-refractivity contribution in [1.29, 1.82) is 0 Å². The summed E-state index contributed by atoms with van der Waals surface area (Å²) in [4.78, 5) is 26.2. The fourth-order valence-electron chi connectivity index (χ4n) is 2.98. The molecule has 1 aliphatic rings. The van der Waals surface area contributed by atoms with Gasteiger partial charge < -0.3 is 15.4 Å². The van der Waals surface area contributed by atoms with Crippen molar-refractivity contribution >= 4 is 12.1 Å². The molecule has 1 heterocycles. The molecule has 1 aliphatic heterocycles. The Labute approximate surface area is 143 Å². The summed E-state index contributed by atoms with van der Waals surface area (Å²) in [7, 11) is 1.58. The number of benzene rings is 1. The maximum absolute atomic E-state index is 12.7. The largest absolute Gasteiger partial charge is 0.444 e. The van der Waals surface area contributed by atoms with Gasteiger partial charge in [-0.05, 0) is 39.2 Å². The van der Waals surface area contributed by atoms with Gasteiger partial charge in [0.05, 0.1) is 12.1 Å². The highest BCUT2D eigenvalue weighted by Crippen LogP contribution is 2.32. The lowest BCUT2D eigenvalue weighted by atomic mass is 9.90. The van der Waals surface area contributed by atoms with Crippen molar-refractivity contribution in [1.82, 2.24) is 15.5 Å². The van der Waals surface area contributed by atoms with Crippen LogP contribution in [0, 0.1) is 0 Å². The first-order valence-corrected chi connectivity index (χ1v) is 8.34. The number of likely N-dealkylation sites (tertiary alicyclic amines) is 1. The van der Waals surface area contributed by atoms with E-state index in [0.717, 1.165) is 18.4 Å². The predicted molar refractivity (Wildman–Crippen MR) is 92.7 cm³/mol. The molecule has 0 bridgehead atoms. The summed E-state index contributed by atoms with van der Waals surface area (Å²) in [6, 6.07) is 9.12. The van der Waals surface area contributed by atoms with Gasteiger partial charge in [-0.25, -0.2) is 9.59 Å². The molecule has 0 aromatic heterocycles. The van der Waals surface area contributed by atoms with Crippen LogP contribution >= 0.6 is 0 Å². The quantitative estimate of drug-likeness (QED) is 0.874. The van der Waals surface area contributed by atoms with E-state index in [2.05, 4.69) is 10.6 Å². The molecule has 6 nitrogen and oxygen atoms in total. The van der Waals surface area contributed by atoms with Crippen molar-refractivity contribution in [2.75, 3.05) is 13.6 Å². The Morgan fingerprint density at radius 3 is 2.46 bits per heavy atom. The Kier molecular flexibility index (Phi) is 5.70. The number of amides is 3. The number of ether oxygens (including phenoxy) is 1. The van der Waals surface area contributed by atoms with E-state index in [1.165, 1.54) is 0 Å². The van der Waals surface area contributed by atoms with Crippen LogP contribution in [-0.4, -0.2) is 42.3 Å². The Balaban J connectivity index is 2.29. The first kappa shape index (κ1) is 18.1. The molecule has 1 aromatic rings. The summed E-state index contributed by atoms with van der Waals surface area (Å²) in [6.07, 6.45) is 1.28. The van der Waals surface area contributed by atoms with Crippen molar-refractivity contribution in [3.8, 4) is 0 Å². The lowest BCUT2D eigenvalue weighted by Crippen LogP contribution is -2.54. The molecular formula is C18H27N3O3. The van der Waals surface area contributed by atoms with Gasteiger partial charge in [0.2, 0.25) is 0 Å². The van der Waals surface area contributed by atoms with E-state index in [1.54, 1.807) is 11.9 Å². The molecule has 2 N–H and O–H groups in total. The minimum absolute atomic E-state index is 0.159. The van der Waals surface area contributed by atoms with Crippen molar-refractivity contribution in [2.45, 2.75) is 51.3 Å². The van der Waals surface area contributed by atoms with Crippen LogP contribution in [0.25, 0.3) is 0 Å². The lowest BCUT2D eigenvalue weighted by molar-refractivity contribution is 0.00465. The minimum Gasteiger partial charge on any atom is -0.444 e. The monoisotopic (exact) mass is 333 g/mol. The SMILES string of the molecule is CNC(=O)NC1CCCN(C(=O)OC(C)(C)C)C1c1ccccc1. The van der Waals surface area contributed by atoms with E-state index in [4.69, 9.17) is 4.74 Å². The van der Waals surface area contributed by atoms with Crippen LogP contribution in [0.1, 0.15) is 45.2 Å². The zero-order valence-electron chi connectivity index (χ0n) is 14.8. The van der Waals surface area contributed by atoms with Gasteiger partial charge in [0.1, 0.15) is 5.60 Å². The second-order valence-corrected chi connectivity index (χ2v) is 7.00. The fourth-order valence-corrected chi connectivity index (χ4v) is 2.98. The van der Waals surface area contributed by atoms with Crippen LogP contribution in [0.4, 0.5) is 9.59 Å². The van der Waals surface area contributed by atoms with Crippen molar-refractivity contribution in [3.05, 3.63) is 35.9 Å². The molecule has 132 valence electrons. The molecule has 0 aliphatic carbocycles. The van der Waals surface area contributed by atoms with Gasteiger partial charge >= 0.3 is 12.1 Å². The third-order valence-corrected chi connectivity index (χ3v) is 3.94. The highest BCUT2D eigenvalue weighted by Gasteiger charge is 2.38. The number of rotatable bonds is 2. The predicted octanol–water partition coefficient (Wildman–Crippen LogP) is 3.06. The van der Waals surface area contributed by atoms with Gasteiger partial charge in [0, 0.05) is 13.6 Å². The lowest BCUT2D eigenvalue weighted by Gasteiger charge is -2.42. The van der Waals surface area contributed by atoms with Crippen molar-refractivity contribution < 1.29 is 14.3 Å². The number of carbonyl (C=O) groups is 2. The minimum atomic E-state index is -0.556. The van der Waals surface area contributed by atoms with E-state index < -0.39 is 5.60 Å². The maximum atomic E-state index is 12.7. The van der Waals surface area contributed by atoms with Crippen LogP contribution in [0.2, 0.25) is 0 Å². The molecule has 1 fully saturated rings. The zero-order valence-corrected chi connectivity index (χ0v) is 14.8. The molecule has 3 amide bonds. The normalized spacial score (nSPS) is 21.1. The smallest absolute Gasteiger partial charge is 0.410 e. The summed E-state index contributed by atoms with van der Waals surface area (Å²) < 4.78 is 5.57. The summed E-state index contributed by atoms with van der Waals surface area (Å²) in [5, 5.41) is 5.55. The Morgan fingerprint density at radius 2 is 1.88 bits per heavy atom. The highest BCUT2D eigenvalue weighted by atomic mass is 16.6. The fraction of sp³-hybridized carbons (Fsp3) is 0.556. The highest BCUT2D eigenvalue weighted by molar-refractivity contribution is 5.74. The van der Waals surface area contributed by atoms with Crippen molar-refractivity contribution in [3.63, 3.8) is 0 Å². The molecule has 0 saturated carbocycles. The average Bonchev–Trinajstić information content (AvgIpc) is 2.53. The Hall–Kier alpha value is -2.24. The van der Waals surface area contributed by atoms with E-state index in [-0.39, 0.29) is 24.2 Å². The third-order valence-electron chi connectivity index (χ3n) is 3.94. The summed E-state index contributed by atoms with van der Waals surface area (Å²) >= 11 is 0. The van der Waals surface area contributed by atoms with Gasteiger partial charge in [0.25, 0.3) is 0 Å². The van der Waals surface area contributed by atoms with Gasteiger partial charge in [-0.2, -0.15) is 0 Å². The maximum Gasteiger partial charge on any atom is 0.410 e. The number of hydrogen-bond acceptors (Lipinski definition) is 3. The molecule has 2 atom stereocenters. The topological polar surface area (TPSA) is 70.7 Å². The van der Waals surface area contributed by atoms with E-state index in [0.29, 0.717) is 6.54 Å². The van der Waals surface area contributed by atoms with Crippen LogP contribution < -0.4 is 10.6 Å². The number of nitrogens with zero attached hydrogens (tertiary/aromatic N) is 1. The van der Waals surface area contributed by atoms with Gasteiger partial charge in [0.15, 0.2) is 0 Å². The summed E-state index contributed by atoms with van der Waals surface area (Å²) in [5.41, 5.74) is 0.434. The van der Waals surface area contributed by atoms with Crippen LogP contribution in [0.15, 0.2) is 30.3 Å². The molecule has 2 rings (SSSR count). The number of urea groups is 1. The van der Waals surface area contributed by atoms with E-state index >= 15 is 0 Å². The molecule has 1 saturated heterocycles. The first-order valence-electron chi connectivity index (χ1n) is 8.34. The Morgan fingerprint density at radius 1 is 1.21 bits per heavy atom. The molecule has 1 aromatic carbocycles.